The Morgan fingerprint density at radius 3 is 2.74 bits per heavy atom. The monoisotopic (exact) mass is 475 g/mol. The molecule has 0 unspecified atom stereocenters. The second-order valence-corrected chi connectivity index (χ2v) is 8.99. The molecule has 0 radical (unpaired) electrons. The number of allylic oxidation sites excluding steroid dienone is 1. The zero-order valence-electron chi connectivity index (χ0n) is 19.2. The Morgan fingerprint density at radius 2 is 1.91 bits per heavy atom. The predicted octanol–water partition coefficient (Wildman–Crippen LogP) is 5.34. The standard InChI is InChI=1S/C25H26ClN7O/c1-32-15-19(26)18-12-17(8-9-22(18)32)29-25-27-11-10-20(30-25)21-13-23(33(2)31-21)24(34)28-14-16-6-4-3-5-7-16/h8-15H,3-7H2,1-2H3,(H,28,34)(H,27,29,30). The predicted molar refractivity (Wildman–Crippen MR) is 134 cm³/mol. The van der Waals surface area contributed by atoms with Gasteiger partial charge in [0.05, 0.1) is 10.7 Å². The van der Waals surface area contributed by atoms with Crippen molar-refractivity contribution in [3.8, 4) is 11.4 Å². The van der Waals surface area contributed by atoms with Crippen LogP contribution >= 0.6 is 11.6 Å². The Labute approximate surface area is 202 Å². The van der Waals surface area contributed by atoms with Gasteiger partial charge in [-0.3, -0.25) is 9.48 Å². The van der Waals surface area contributed by atoms with E-state index in [1.54, 1.807) is 30.1 Å². The Hall–Kier alpha value is -3.65. The van der Waals surface area contributed by atoms with Gasteiger partial charge in [-0.05, 0) is 56.0 Å². The van der Waals surface area contributed by atoms with Crippen LogP contribution in [0.1, 0.15) is 42.6 Å². The van der Waals surface area contributed by atoms with E-state index in [1.807, 2.05) is 42.2 Å². The minimum Gasteiger partial charge on any atom is -0.349 e. The first-order chi connectivity index (χ1) is 16.5. The summed E-state index contributed by atoms with van der Waals surface area (Å²) in [5.74, 6) is 0.252. The molecule has 3 aromatic heterocycles. The summed E-state index contributed by atoms with van der Waals surface area (Å²) in [7, 11) is 3.72. The van der Waals surface area contributed by atoms with E-state index in [9.17, 15) is 4.79 Å². The van der Waals surface area contributed by atoms with E-state index in [1.165, 1.54) is 24.8 Å². The van der Waals surface area contributed by atoms with Crippen molar-refractivity contribution in [3.63, 3.8) is 0 Å². The molecule has 1 fully saturated rings. The molecule has 34 heavy (non-hydrogen) atoms. The first kappa shape index (κ1) is 22.2. The van der Waals surface area contributed by atoms with Crippen molar-refractivity contribution < 1.29 is 4.79 Å². The van der Waals surface area contributed by atoms with Crippen molar-refractivity contribution in [3.05, 3.63) is 65.2 Å². The molecule has 0 spiro atoms. The molecule has 4 aromatic rings. The minimum absolute atomic E-state index is 0.181. The fourth-order valence-corrected chi connectivity index (χ4v) is 4.61. The van der Waals surface area contributed by atoms with E-state index in [0.29, 0.717) is 28.1 Å². The smallest absolute Gasteiger partial charge is 0.273 e. The number of nitrogens with one attached hydrogen (secondary N) is 2. The van der Waals surface area contributed by atoms with Crippen molar-refractivity contribution in [1.82, 2.24) is 29.6 Å². The lowest BCUT2D eigenvalue weighted by atomic mass is 9.96. The summed E-state index contributed by atoms with van der Waals surface area (Å²) in [6.07, 6.45) is 11.2. The van der Waals surface area contributed by atoms with Gasteiger partial charge in [0.25, 0.3) is 5.91 Å². The van der Waals surface area contributed by atoms with Crippen molar-refractivity contribution in [2.75, 3.05) is 5.32 Å². The number of rotatable bonds is 5. The number of anilines is 2. The normalized spacial score (nSPS) is 13.8. The van der Waals surface area contributed by atoms with Crippen molar-refractivity contribution >= 4 is 40.0 Å². The first-order valence-corrected chi connectivity index (χ1v) is 11.7. The molecular formula is C25H26ClN7O. The van der Waals surface area contributed by atoms with Crippen molar-refractivity contribution in [2.45, 2.75) is 32.1 Å². The van der Waals surface area contributed by atoms with Crippen LogP contribution in [0.5, 0.6) is 0 Å². The second kappa shape index (κ2) is 9.30. The average molecular weight is 476 g/mol. The number of hydrogen-bond acceptors (Lipinski definition) is 5. The number of aryl methyl sites for hydroxylation is 2. The lowest BCUT2D eigenvalue weighted by Crippen LogP contribution is -2.21. The number of halogens is 1. The van der Waals surface area contributed by atoms with Crippen LogP contribution in [0.2, 0.25) is 5.02 Å². The highest BCUT2D eigenvalue weighted by Gasteiger charge is 2.16. The molecule has 9 heteroatoms. The third kappa shape index (κ3) is 4.54. The van der Waals surface area contributed by atoms with Gasteiger partial charge in [-0.1, -0.05) is 23.6 Å². The van der Waals surface area contributed by atoms with Crippen molar-refractivity contribution in [1.29, 1.82) is 0 Å². The fraction of sp³-hybridized carbons (Fsp3) is 0.280. The maximum absolute atomic E-state index is 12.7. The molecule has 174 valence electrons. The number of carbonyl (C=O) groups excluding carboxylic acids is 1. The number of benzene rings is 1. The molecule has 1 amide bonds. The van der Waals surface area contributed by atoms with Crippen LogP contribution in [0.25, 0.3) is 22.3 Å². The molecule has 1 aliphatic rings. The summed E-state index contributed by atoms with van der Waals surface area (Å²) in [5, 5.41) is 12.3. The number of nitrogens with zero attached hydrogens (tertiary/aromatic N) is 5. The van der Waals surface area contributed by atoms with Gasteiger partial charge in [-0.25, -0.2) is 9.97 Å². The summed E-state index contributed by atoms with van der Waals surface area (Å²) < 4.78 is 3.56. The maximum Gasteiger partial charge on any atom is 0.273 e. The van der Waals surface area contributed by atoms with Crippen LogP contribution in [0.3, 0.4) is 0 Å². The zero-order chi connectivity index (χ0) is 23.7. The topological polar surface area (TPSA) is 89.7 Å². The van der Waals surface area contributed by atoms with Crippen LogP contribution in [-0.4, -0.2) is 30.2 Å². The van der Waals surface area contributed by atoms with Crippen LogP contribution < -0.4 is 10.6 Å². The zero-order valence-corrected chi connectivity index (χ0v) is 19.9. The van der Waals surface area contributed by atoms with E-state index in [4.69, 9.17) is 11.6 Å². The summed E-state index contributed by atoms with van der Waals surface area (Å²) in [6, 6.07) is 9.45. The Balaban J connectivity index is 1.34. The summed E-state index contributed by atoms with van der Waals surface area (Å²) in [4.78, 5) is 21.7. The number of fused-ring (bicyclic) bond motifs is 1. The largest absolute Gasteiger partial charge is 0.349 e. The lowest BCUT2D eigenvalue weighted by Gasteiger charge is -2.13. The summed E-state index contributed by atoms with van der Waals surface area (Å²) >= 11 is 6.34. The third-order valence-corrected chi connectivity index (χ3v) is 6.43. The quantitative estimate of drug-likeness (QED) is 0.406. The number of aromatic nitrogens is 5. The maximum atomic E-state index is 12.7. The molecule has 2 N–H and O–H groups in total. The Kier molecular flexibility index (Phi) is 6.06. The molecule has 1 saturated carbocycles. The van der Waals surface area contributed by atoms with E-state index in [0.717, 1.165) is 29.4 Å². The summed E-state index contributed by atoms with van der Waals surface area (Å²) in [5.41, 5.74) is 4.86. The molecule has 3 heterocycles. The highest BCUT2D eigenvalue weighted by molar-refractivity contribution is 6.35. The number of hydrogen-bond donors (Lipinski definition) is 2. The van der Waals surface area contributed by atoms with Crippen LogP contribution in [0, 0.1) is 0 Å². The molecule has 1 aliphatic carbocycles. The Morgan fingerprint density at radius 1 is 1.09 bits per heavy atom. The second-order valence-electron chi connectivity index (χ2n) is 8.59. The number of amides is 1. The van der Waals surface area contributed by atoms with Gasteiger partial charge < -0.3 is 15.2 Å². The molecule has 8 nitrogen and oxygen atoms in total. The van der Waals surface area contributed by atoms with Gasteiger partial charge in [-0.2, -0.15) is 5.10 Å². The van der Waals surface area contributed by atoms with Crippen molar-refractivity contribution in [2.24, 2.45) is 14.1 Å². The molecule has 5 rings (SSSR count). The van der Waals surface area contributed by atoms with Gasteiger partial charge in [0.1, 0.15) is 11.4 Å². The van der Waals surface area contributed by atoms with E-state index < -0.39 is 0 Å². The molecule has 0 atom stereocenters. The SMILES string of the molecule is Cn1nc(-c2ccnc(Nc3ccc4c(c3)c(Cl)cn4C)n2)cc1C(=O)NC=C1CCCCC1. The molecule has 0 aliphatic heterocycles. The van der Waals surface area contributed by atoms with Gasteiger partial charge in [0.2, 0.25) is 5.95 Å². The van der Waals surface area contributed by atoms with E-state index in [2.05, 4.69) is 25.7 Å². The van der Waals surface area contributed by atoms with Crippen LogP contribution in [-0.2, 0) is 14.1 Å². The highest BCUT2D eigenvalue weighted by Crippen LogP contribution is 2.29. The molecule has 1 aromatic carbocycles. The Bertz CT molecular complexity index is 1390. The van der Waals surface area contributed by atoms with Crippen LogP contribution in [0.15, 0.2) is 54.5 Å². The van der Waals surface area contributed by atoms with Crippen LogP contribution in [0.4, 0.5) is 11.6 Å². The average Bonchev–Trinajstić information content (AvgIpc) is 3.37. The molecule has 0 saturated heterocycles. The minimum atomic E-state index is -0.181. The number of carbonyl (C=O) groups is 1. The summed E-state index contributed by atoms with van der Waals surface area (Å²) in [6.45, 7) is 0. The first-order valence-electron chi connectivity index (χ1n) is 11.4. The van der Waals surface area contributed by atoms with Gasteiger partial charge >= 0.3 is 0 Å². The fourth-order valence-electron chi connectivity index (χ4n) is 4.31. The van der Waals surface area contributed by atoms with E-state index in [-0.39, 0.29) is 5.91 Å². The highest BCUT2D eigenvalue weighted by atomic mass is 35.5. The van der Waals surface area contributed by atoms with Gasteiger partial charge in [-0.15, -0.1) is 0 Å². The third-order valence-electron chi connectivity index (χ3n) is 6.13. The van der Waals surface area contributed by atoms with E-state index >= 15 is 0 Å². The van der Waals surface area contributed by atoms with Gasteiger partial charge in [0.15, 0.2) is 0 Å². The van der Waals surface area contributed by atoms with Gasteiger partial charge in [0, 0.05) is 49.3 Å². The lowest BCUT2D eigenvalue weighted by molar-refractivity contribution is 0.0960. The molecule has 0 bridgehead atoms. The molecular weight excluding hydrogens is 450 g/mol.